The summed E-state index contributed by atoms with van der Waals surface area (Å²) in [5, 5.41) is 0. The molecule has 4 heteroatoms. The Morgan fingerprint density at radius 1 is 1.80 bits per heavy atom. The zero-order valence-corrected chi connectivity index (χ0v) is 5.62. The van der Waals surface area contributed by atoms with Crippen molar-refractivity contribution in [3.8, 4) is 0 Å². The van der Waals surface area contributed by atoms with Crippen LogP contribution in [-0.2, 0) is 19.1 Å². The fourth-order valence-corrected chi connectivity index (χ4v) is 0.785. The number of carbonyl (C=O) groups is 2. The van der Waals surface area contributed by atoms with Crippen molar-refractivity contribution in [2.75, 3.05) is 6.61 Å². The molecule has 4 nitrogen and oxygen atoms in total. The zero-order valence-electron chi connectivity index (χ0n) is 5.62. The van der Waals surface area contributed by atoms with E-state index < -0.39 is 18.0 Å². The first-order chi connectivity index (χ1) is 4.70. The minimum Gasteiger partial charge on any atom is -0.463 e. The summed E-state index contributed by atoms with van der Waals surface area (Å²) in [5.41, 5.74) is 0. The predicted octanol–water partition coefficient (Wildman–Crippen LogP) is -0.135. The Balaban J connectivity index is 2.40. The Hall–Kier alpha value is -1.06. The van der Waals surface area contributed by atoms with Gasteiger partial charge in [-0.1, -0.05) is 0 Å². The molecule has 10 heavy (non-hydrogen) atoms. The highest BCUT2D eigenvalue weighted by atomic mass is 16.6. The van der Waals surface area contributed by atoms with Gasteiger partial charge in [-0.15, -0.1) is 0 Å². The number of hydrogen-bond acceptors (Lipinski definition) is 4. The Morgan fingerprint density at radius 3 is 2.90 bits per heavy atom. The van der Waals surface area contributed by atoms with Crippen LogP contribution in [0.4, 0.5) is 0 Å². The molecule has 0 N–H and O–H groups in total. The first-order valence-electron chi connectivity index (χ1n) is 3.04. The van der Waals surface area contributed by atoms with Crippen molar-refractivity contribution in [2.45, 2.75) is 19.4 Å². The molecule has 1 atom stereocenters. The summed E-state index contributed by atoms with van der Waals surface area (Å²) in [6, 6.07) is 0. The van der Waals surface area contributed by atoms with Gasteiger partial charge in [0.15, 0.2) is 0 Å². The molecule has 1 saturated heterocycles. The van der Waals surface area contributed by atoms with Crippen molar-refractivity contribution in [3.63, 3.8) is 0 Å². The SMILES string of the molecule is CC(=O)O[C@@H]1CCOC1=O. The van der Waals surface area contributed by atoms with Crippen molar-refractivity contribution in [1.29, 1.82) is 0 Å². The number of cyclic esters (lactones) is 1. The molecule has 1 aliphatic rings. The molecule has 0 aliphatic carbocycles. The van der Waals surface area contributed by atoms with Crippen LogP contribution in [-0.4, -0.2) is 24.6 Å². The lowest BCUT2D eigenvalue weighted by Crippen LogP contribution is -2.20. The summed E-state index contributed by atoms with van der Waals surface area (Å²) in [5.74, 6) is -0.876. The fraction of sp³-hybridized carbons (Fsp3) is 0.667. The van der Waals surface area contributed by atoms with Gasteiger partial charge in [0.25, 0.3) is 0 Å². The van der Waals surface area contributed by atoms with Crippen LogP contribution in [0.2, 0.25) is 0 Å². The Labute approximate surface area is 58.1 Å². The molecule has 1 fully saturated rings. The van der Waals surface area contributed by atoms with Crippen molar-refractivity contribution in [3.05, 3.63) is 0 Å². The van der Waals surface area contributed by atoms with Crippen LogP contribution in [0.1, 0.15) is 13.3 Å². The molecule has 1 rings (SSSR count). The van der Waals surface area contributed by atoms with Gasteiger partial charge < -0.3 is 9.47 Å². The molecule has 0 aromatic carbocycles. The number of hydrogen-bond donors (Lipinski definition) is 0. The monoisotopic (exact) mass is 144 g/mol. The Morgan fingerprint density at radius 2 is 2.50 bits per heavy atom. The lowest BCUT2D eigenvalue weighted by molar-refractivity contribution is -0.158. The summed E-state index contributed by atoms with van der Waals surface area (Å²) in [7, 11) is 0. The van der Waals surface area contributed by atoms with E-state index in [-0.39, 0.29) is 0 Å². The lowest BCUT2D eigenvalue weighted by atomic mass is 10.3. The van der Waals surface area contributed by atoms with Crippen molar-refractivity contribution >= 4 is 11.9 Å². The number of esters is 2. The molecule has 1 heterocycles. The highest BCUT2D eigenvalue weighted by Gasteiger charge is 2.28. The van der Waals surface area contributed by atoms with E-state index >= 15 is 0 Å². The van der Waals surface area contributed by atoms with Crippen LogP contribution in [0.15, 0.2) is 0 Å². The van der Waals surface area contributed by atoms with E-state index in [1.54, 1.807) is 0 Å². The number of carbonyl (C=O) groups excluding carboxylic acids is 2. The largest absolute Gasteiger partial charge is 0.463 e. The quantitative estimate of drug-likeness (QED) is 0.481. The summed E-state index contributed by atoms with van der Waals surface area (Å²) < 4.78 is 9.16. The second-order valence-electron chi connectivity index (χ2n) is 2.05. The highest BCUT2D eigenvalue weighted by molar-refractivity contribution is 5.79. The maximum atomic E-state index is 10.6. The Bertz CT molecular complexity index is 163. The van der Waals surface area contributed by atoms with Crippen LogP contribution in [0.5, 0.6) is 0 Å². The van der Waals surface area contributed by atoms with Crippen LogP contribution in [0.25, 0.3) is 0 Å². The molecule has 0 unspecified atom stereocenters. The van der Waals surface area contributed by atoms with Gasteiger partial charge in [0.2, 0.25) is 6.10 Å². The van der Waals surface area contributed by atoms with Crippen LogP contribution in [0, 0.1) is 0 Å². The molecule has 56 valence electrons. The van der Waals surface area contributed by atoms with Gasteiger partial charge in [0.05, 0.1) is 6.61 Å². The molecule has 1 aliphatic heterocycles. The normalized spacial score (nSPS) is 24.1. The highest BCUT2D eigenvalue weighted by Crippen LogP contribution is 2.09. The third-order valence-corrected chi connectivity index (χ3v) is 1.20. The average Bonchev–Trinajstić information content (AvgIpc) is 2.15. The standard InChI is InChI=1S/C6H8O4/c1-4(7)10-5-2-3-9-6(5)8/h5H,2-3H2,1H3/t5-/m1/s1. The molecular weight excluding hydrogens is 136 g/mol. The topological polar surface area (TPSA) is 52.6 Å². The van der Waals surface area contributed by atoms with E-state index in [9.17, 15) is 9.59 Å². The summed E-state index contributed by atoms with van der Waals surface area (Å²) in [4.78, 5) is 20.9. The number of ether oxygens (including phenoxy) is 2. The number of rotatable bonds is 1. The van der Waals surface area contributed by atoms with Crippen LogP contribution in [0.3, 0.4) is 0 Å². The van der Waals surface area contributed by atoms with Gasteiger partial charge in [-0.05, 0) is 0 Å². The van der Waals surface area contributed by atoms with Gasteiger partial charge in [-0.25, -0.2) is 4.79 Å². The van der Waals surface area contributed by atoms with Crippen molar-refractivity contribution in [2.24, 2.45) is 0 Å². The molecular formula is C6H8O4. The lowest BCUT2D eigenvalue weighted by Gasteiger charge is -2.03. The van der Waals surface area contributed by atoms with E-state index in [1.807, 2.05) is 0 Å². The smallest absolute Gasteiger partial charge is 0.347 e. The summed E-state index contributed by atoms with van der Waals surface area (Å²) in [6.45, 7) is 1.63. The van der Waals surface area contributed by atoms with Gasteiger partial charge in [-0.2, -0.15) is 0 Å². The zero-order chi connectivity index (χ0) is 7.56. The average molecular weight is 144 g/mol. The minimum absolute atomic E-state index is 0.358. The van der Waals surface area contributed by atoms with Crippen LogP contribution >= 0.6 is 0 Å². The Kier molecular flexibility index (Phi) is 1.89. The summed E-state index contributed by atoms with van der Waals surface area (Å²) in [6.07, 6.45) is -0.171. The van der Waals surface area contributed by atoms with E-state index in [0.717, 1.165) is 0 Å². The molecule has 0 bridgehead atoms. The molecule has 0 spiro atoms. The first kappa shape index (κ1) is 7.05. The van der Waals surface area contributed by atoms with E-state index in [2.05, 4.69) is 9.47 Å². The third kappa shape index (κ3) is 1.46. The molecule has 0 aromatic rings. The van der Waals surface area contributed by atoms with Gasteiger partial charge >= 0.3 is 11.9 Å². The second kappa shape index (κ2) is 2.68. The summed E-state index contributed by atoms with van der Waals surface area (Å²) >= 11 is 0. The van der Waals surface area contributed by atoms with Crippen molar-refractivity contribution in [1.82, 2.24) is 0 Å². The molecule has 0 radical (unpaired) electrons. The predicted molar refractivity (Wildman–Crippen MR) is 31.1 cm³/mol. The first-order valence-corrected chi connectivity index (χ1v) is 3.04. The van der Waals surface area contributed by atoms with Gasteiger partial charge in [0.1, 0.15) is 0 Å². The third-order valence-electron chi connectivity index (χ3n) is 1.20. The van der Waals surface area contributed by atoms with Gasteiger partial charge in [0, 0.05) is 13.3 Å². The van der Waals surface area contributed by atoms with E-state index in [4.69, 9.17) is 0 Å². The van der Waals surface area contributed by atoms with Crippen molar-refractivity contribution < 1.29 is 19.1 Å². The fourth-order valence-electron chi connectivity index (χ4n) is 0.785. The molecule has 0 aromatic heterocycles. The van der Waals surface area contributed by atoms with E-state index in [0.29, 0.717) is 13.0 Å². The molecule has 0 amide bonds. The maximum absolute atomic E-state index is 10.6. The second-order valence-corrected chi connectivity index (χ2v) is 2.05. The van der Waals surface area contributed by atoms with E-state index in [1.165, 1.54) is 6.92 Å². The minimum atomic E-state index is -0.655. The molecule has 0 saturated carbocycles. The van der Waals surface area contributed by atoms with Gasteiger partial charge in [-0.3, -0.25) is 4.79 Å². The maximum Gasteiger partial charge on any atom is 0.347 e. The van der Waals surface area contributed by atoms with Crippen LogP contribution < -0.4 is 0 Å².